The van der Waals surface area contributed by atoms with E-state index < -0.39 is 5.97 Å². The number of benzene rings is 1. The van der Waals surface area contributed by atoms with Crippen LogP contribution >= 0.6 is 15.9 Å². The van der Waals surface area contributed by atoms with Gasteiger partial charge < -0.3 is 5.11 Å². The van der Waals surface area contributed by atoms with Crippen molar-refractivity contribution in [2.45, 2.75) is 6.92 Å². The van der Waals surface area contributed by atoms with Gasteiger partial charge >= 0.3 is 5.97 Å². The van der Waals surface area contributed by atoms with Gasteiger partial charge in [-0.3, -0.25) is 0 Å². The van der Waals surface area contributed by atoms with Crippen molar-refractivity contribution in [2.75, 3.05) is 0 Å². The number of carboxylic acids is 1. The summed E-state index contributed by atoms with van der Waals surface area (Å²) in [5.74, 6) is -1.04. The second-order valence-electron chi connectivity index (χ2n) is 2.59. The average Bonchev–Trinajstić information content (AvgIpc) is 2.08. The molecule has 66 valence electrons. The van der Waals surface area contributed by atoms with Crippen LogP contribution in [0.25, 0.3) is 0 Å². The Morgan fingerprint density at radius 3 is 2.69 bits per heavy atom. The van der Waals surface area contributed by atoms with Crippen molar-refractivity contribution >= 4 is 21.9 Å². The van der Waals surface area contributed by atoms with Crippen LogP contribution < -0.4 is 0 Å². The summed E-state index contributed by atoms with van der Waals surface area (Å²) in [6.07, 6.45) is 0. The van der Waals surface area contributed by atoms with Crippen LogP contribution in [0.2, 0.25) is 0 Å². The van der Waals surface area contributed by atoms with E-state index >= 15 is 0 Å². The van der Waals surface area contributed by atoms with E-state index in [9.17, 15) is 4.79 Å². The van der Waals surface area contributed by atoms with Gasteiger partial charge in [-0.2, -0.15) is 5.26 Å². The van der Waals surface area contributed by atoms with E-state index in [1.165, 1.54) is 6.07 Å². The van der Waals surface area contributed by atoms with Gasteiger partial charge in [-0.15, -0.1) is 0 Å². The molecule has 0 radical (unpaired) electrons. The van der Waals surface area contributed by atoms with Gasteiger partial charge in [-0.1, -0.05) is 0 Å². The van der Waals surface area contributed by atoms with E-state index in [-0.39, 0.29) is 5.56 Å². The number of carbonyl (C=O) groups is 1. The minimum Gasteiger partial charge on any atom is -0.478 e. The first kappa shape index (κ1) is 9.75. The smallest absolute Gasteiger partial charge is 0.336 e. The number of aromatic carboxylic acids is 1. The highest BCUT2D eigenvalue weighted by Crippen LogP contribution is 2.23. The third-order valence-corrected chi connectivity index (χ3v) is 2.42. The lowest BCUT2D eigenvalue weighted by Crippen LogP contribution is -2.00. The van der Waals surface area contributed by atoms with Gasteiger partial charge in [0.05, 0.1) is 11.1 Å². The van der Waals surface area contributed by atoms with Crippen molar-refractivity contribution in [1.82, 2.24) is 0 Å². The summed E-state index contributed by atoms with van der Waals surface area (Å²) in [7, 11) is 0. The van der Waals surface area contributed by atoms with Crippen LogP contribution in [-0.2, 0) is 0 Å². The number of nitrogens with zero attached hydrogens (tertiary/aromatic N) is 1. The Morgan fingerprint density at radius 2 is 2.23 bits per heavy atom. The maximum atomic E-state index is 10.7. The molecule has 4 heteroatoms. The zero-order valence-electron chi connectivity index (χ0n) is 6.84. The molecular formula is C9H6BrNO2. The number of hydrogen-bond donors (Lipinski definition) is 1. The summed E-state index contributed by atoms with van der Waals surface area (Å²) in [5, 5.41) is 17.4. The molecule has 0 saturated carbocycles. The molecule has 0 spiro atoms. The number of halogens is 1. The van der Waals surface area contributed by atoms with E-state index in [2.05, 4.69) is 15.9 Å². The maximum Gasteiger partial charge on any atom is 0.336 e. The second-order valence-corrected chi connectivity index (χ2v) is 3.38. The fraction of sp³-hybridized carbons (Fsp3) is 0.111. The largest absolute Gasteiger partial charge is 0.478 e. The predicted molar refractivity (Wildman–Crippen MR) is 50.6 cm³/mol. The second kappa shape index (κ2) is 3.58. The van der Waals surface area contributed by atoms with E-state index in [1.807, 2.05) is 6.07 Å². The third kappa shape index (κ3) is 1.87. The van der Waals surface area contributed by atoms with Crippen molar-refractivity contribution in [1.29, 1.82) is 5.26 Å². The molecule has 0 bridgehead atoms. The van der Waals surface area contributed by atoms with Crippen molar-refractivity contribution in [3.63, 3.8) is 0 Å². The Kier molecular flexibility index (Phi) is 2.69. The van der Waals surface area contributed by atoms with Gasteiger partial charge in [-0.25, -0.2) is 4.79 Å². The molecule has 0 aliphatic heterocycles. The Morgan fingerprint density at radius 1 is 1.62 bits per heavy atom. The van der Waals surface area contributed by atoms with Gasteiger partial charge in [-0.05, 0) is 40.5 Å². The van der Waals surface area contributed by atoms with Crippen LogP contribution in [0.15, 0.2) is 16.6 Å². The first-order chi connectivity index (χ1) is 6.06. The fourth-order valence-corrected chi connectivity index (χ4v) is 1.49. The van der Waals surface area contributed by atoms with Crippen LogP contribution in [0.4, 0.5) is 0 Å². The van der Waals surface area contributed by atoms with Gasteiger partial charge in [0.2, 0.25) is 0 Å². The maximum absolute atomic E-state index is 10.7. The van der Waals surface area contributed by atoms with Crippen molar-refractivity contribution < 1.29 is 9.90 Å². The highest BCUT2D eigenvalue weighted by molar-refractivity contribution is 9.10. The van der Waals surface area contributed by atoms with Crippen molar-refractivity contribution in [3.8, 4) is 6.07 Å². The first-order valence-corrected chi connectivity index (χ1v) is 4.29. The highest BCUT2D eigenvalue weighted by Gasteiger charge is 2.12. The van der Waals surface area contributed by atoms with E-state index in [4.69, 9.17) is 10.4 Å². The highest BCUT2D eigenvalue weighted by atomic mass is 79.9. The SMILES string of the molecule is Cc1cc(C#N)c(Br)c(C(=O)O)c1. The molecule has 1 aromatic rings. The van der Waals surface area contributed by atoms with Crippen LogP contribution in [0.3, 0.4) is 0 Å². The zero-order chi connectivity index (χ0) is 10.0. The lowest BCUT2D eigenvalue weighted by atomic mass is 10.1. The van der Waals surface area contributed by atoms with Crippen molar-refractivity contribution in [3.05, 3.63) is 33.3 Å². The quantitative estimate of drug-likeness (QED) is 0.819. The molecule has 0 aliphatic carbocycles. The molecule has 0 saturated heterocycles. The molecule has 3 nitrogen and oxygen atoms in total. The summed E-state index contributed by atoms with van der Waals surface area (Å²) in [5.41, 5.74) is 1.23. The third-order valence-electron chi connectivity index (χ3n) is 1.57. The Hall–Kier alpha value is -1.34. The van der Waals surface area contributed by atoms with Crippen molar-refractivity contribution in [2.24, 2.45) is 0 Å². The van der Waals surface area contributed by atoms with Gasteiger partial charge in [0.15, 0.2) is 0 Å². The normalized spacial score (nSPS) is 9.31. The molecule has 0 amide bonds. The summed E-state index contributed by atoms with van der Waals surface area (Å²) >= 11 is 3.07. The molecule has 1 aromatic carbocycles. The molecule has 0 heterocycles. The minimum absolute atomic E-state index is 0.122. The lowest BCUT2D eigenvalue weighted by Gasteiger charge is -2.02. The molecule has 0 atom stereocenters. The van der Waals surface area contributed by atoms with E-state index in [0.29, 0.717) is 10.0 Å². The van der Waals surface area contributed by atoms with Crippen LogP contribution in [-0.4, -0.2) is 11.1 Å². The first-order valence-electron chi connectivity index (χ1n) is 3.50. The lowest BCUT2D eigenvalue weighted by molar-refractivity contribution is 0.0695. The van der Waals surface area contributed by atoms with E-state index in [0.717, 1.165) is 5.56 Å². The summed E-state index contributed by atoms with van der Waals surface area (Å²) < 4.78 is 0.341. The van der Waals surface area contributed by atoms with Crippen LogP contribution in [0.5, 0.6) is 0 Å². The number of nitriles is 1. The van der Waals surface area contributed by atoms with Gasteiger partial charge in [0.1, 0.15) is 6.07 Å². The number of aryl methyl sites for hydroxylation is 1. The number of rotatable bonds is 1. The zero-order valence-corrected chi connectivity index (χ0v) is 8.42. The summed E-state index contributed by atoms with van der Waals surface area (Å²) in [4.78, 5) is 10.7. The molecule has 0 fully saturated rings. The predicted octanol–water partition coefficient (Wildman–Crippen LogP) is 2.33. The van der Waals surface area contributed by atoms with Crippen LogP contribution in [0, 0.1) is 18.3 Å². The molecule has 13 heavy (non-hydrogen) atoms. The summed E-state index contributed by atoms with van der Waals surface area (Å²) in [6.45, 7) is 1.75. The Labute approximate surface area is 83.7 Å². The summed E-state index contributed by atoms with van der Waals surface area (Å²) in [6, 6.07) is 5.08. The van der Waals surface area contributed by atoms with E-state index in [1.54, 1.807) is 13.0 Å². The molecule has 1 rings (SSSR count). The monoisotopic (exact) mass is 239 g/mol. The molecule has 0 aliphatic rings. The average molecular weight is 240 g/mol. The molecule has 0 aromatic heterocycles. The standard InChI is InChI=1S/C9H6BrNO2/c1-5-2-6(4-11)8(10)7(3-5)9(12)13/h2-3H,1H3,(H,12,13). The Bertz CT molecular complexity index is 407. The number of hydrogen-bond acceptors (Lipinski definition) is 2. The van der Waals surface area contributed by atoms with Gasteiger partial charge in [0.25, 0.3) is 0 Å². The van der Waals surface area contributed by atoms with Gasteiger partial charge in [0, 0.05) is 4.47 Å². The molecule has 0 unspecified atom stereocenters. The fourth-order valence-electron chi connectivity index (χ4n) is 1.01. The topological polar surface area (TPSA) is 61.1 Å². The Balaban J connectivity index is 3.47. The van der Waals surface area contributed by atoms with Crippen LogP contribution in [0.1, 0.15) is 21.5 Å². The number of carboxylic acid groups (broad SMARTS) is 1. The molecular weight excluding hydrogens is 234 g/mol. The minimum atomic E-state index is -1.04. The molecule has 1 N–H and O–H groups in total.